The Morgan fingerprint density at radius 3 is 2.54 bits per heavy atom. The lowest BCUT2D eigenvalue weighted by atomic mass is 9.94. The van der Waals surface area contributed by atoms with Gasteiger partial charge in [-0.2, -0.15) is 10.4 Å². The van der Waals surface area contributed by atoms with E-state index in [0.29, 0.717) is 6.42 Å². The highest BCUT2D eigenvalue weighted by Gasteiger charge is 2.27. The lowest BCUT2D eigenvalue weighted by Crippen LogP contribution is -2.17. The zero-order valence-corrected chi connectivity index (χ0v) is 7.74. The zero-order chi connectivity index (χ0) is 9.84. The first kappa shape index (κ1) is 9.59. The minimum atomic E-state index is -0.697. The van der Waals surface area contributed by atoms with E-state index in [9.17, 15) is 4.79 Å². The van der Waals surface area contributed by atoms with Gasteiger partial charge < -0.3 is 0 Å². The fourth-order valence-corrected chi connectivity index (χ4v) is 1.39. The molecule has 0 aliphatic carbocycles. The average Bonchev–Trinajstić information content (AvgIpc) is 2.17. The summed E-state index contributed by atoms with van der Waals surface area (Å²) < 4.78 is 0. The number of hydrogen-bond donors (Lipinski definition) is 0. The van der Waals surface area contributed by atoms with Crippen molar-refractivity contribution in [2.75, 3.05) is 0 Å². The van der Waals surface area contributed by atoms with Gasteiger partial charge in [-0.1, -0.05) is 13.8 Å². The quantitative estimate of drug-likeness (QED) is 0.648. The van der Waals surface area contributed by atoms with E-state index in [1.807, 2.05) is 19.9 Å². The van der Waals surface area contributed by atoms with Crippen LogP contribution >= 0.6 is 0 Å². The van der Waals surface area contributed by atoms with Gasteiger partial charge in [0, 0.05) is 0 Å². The van der Waals surface area contributed by atoms with Crippen LogP contribution in [0.25, 0.3) is 0 Å². The number of carbonyl (C=O) groups excluding carboxylic acids is 1. The van der Waals surface area contributed by atoms with Gasteiger partial charge in [-0.25, -0.2) is 0 Å². The van der Waals surface area contributed by atoms with Crippen LogP contribution in [0.1, 0.15) is 26.7 Å². The van der Waals surface area contributed by atoms with E-state index >= 15 is 0 Å². The minimum Gasteiger partial charge on any atom is -0.269 e. The molecule has 13 heavy (non-hydrogen) atoms. The Labute approximate surface area is 77.0 Å². The van der Waals surface area contributed by atoms with Gasteiger partial charge in [0.1, 0.15) is 0 Å². The predicted molar refractivity (Wildman–Crippen MR) is 46.6 cm³/mol. The van der Waals surface area contributed by atoms with Crippen molar-refractivity contribution in [3.63, 3.8) is 0 Å². The van der Waals surface area contributed by atoms with Crippen LogP contribution < -0.4 is 0 Å². The zero-order valence-electron chi connectivity index (χ0n) is 7.74. The molecule has 0 aromatic heterocycles. The SMILES string of the molecule is CCC1=C(CC)C(C#N)C(=O)N=N1. The molecule has 0 radical (unpaired) electrons. The number of nitrogens with zero attached hydrogens (tertiary/aromatic N) is 3. The van der Waals surface area contributed by atoms with Crippen molar-refractivity contribution in [1.82, 2.24) is 0 Å². The first-order valence-electron chi connectivity index (χ1n) is 4.31. The fourth-order valence-electron chi connectivity index (χ4n) is 1.39. The highest BCUT2D eigenvalue weighted by Crippen LogP contribution is 2.27. The largest absolute Gasteiger partial charge is 0.285 e. The summed E-state index contributed by atoms with van der Waals surface area (Å²) >= 11 is 0. The van der Waals surface area contributed by atoms with Crippen LogP contribution in [0.3, 0.4) is 0 Å². The third kappa shape index (κ3) is 1.64. The number of hydrogen-bond acceptors (Lipinski definition) is 3. The van der Waals surface area contributed by atoms with Crippen molar-refractivity contribution < 1.29 is 4.79 Å². The highest BCUT2D eigenvalue weighted by atomic mass is 16.2. The Balaban J connectivity index is 3.11. The Kier molecular flexibility index (Phi) is 2.91. The van der Waals surface area contributed by atoms with Gasteiger partial charge in [0.05, 0.1) is 11.8 Å². The molecule has 1 amide bonds. The minimum absolute atomic E-state index is 0.434. The van der Waals surface area contributed by atoms with Gasteiger partial charge in [-0.15, -0.1) is 5.11 Å². The predicted octanol–water partition coefficient (Wildman–Crippen LogP) is 2.19. The summed E-state index contributed by atoms with van der Waals surface area (Å²) in [5, 5.41) is 16.0. The van der Waals surface area contributed by atoms with Crippen LogP contribution in [-0.4, -0.2) is 5.91 Å². The molecule has 0 fully saturated rings. The summed E-state index contributed by atoms with van der Waals surface area (Å²) in [5.74, 6) is -1.13. The third-order valence-electron chi connectivity index (χ3n) is 2.08. The average molecular weight is 177 g/mol. The van der Waals surface area contributed by atoms with Gasteiger partial charge in [-0.3, -0.25) is 4.79 Å². The Morgan fingerprint density at radius 2 is 2.08 bits per heavy atom. The van der Waals surface area contributed by atoms with Gasteiger partial charge in [0.15, 0.2) is 5.92 Å². The number of carbonyl (C=O) groups is 1. The molecule has 0 bridgehead atoms. The van der Waals surface area contributed by atoms with E-state index in [1.165, 1.54) is 0 Å². The normalized spacial score (nSPS) is 21.9. The van der Waals surface area contributed by atoms with Gasteiger partial charge >= 0.3 is 0 Å². The first-order chi connectivity index (χ1) is 6.24. The third-order valence-corrected chi connectivity index (χ3v) is 2.08. The van der Waals surface area contributed by atoms with Crippen molar-refractivity contribution in [2.24, 2.45) is 16.1 Å². The molecular formula is C9H11N3O. The molecule has 0 aromatic rings. The molecule has 0 N–H and O–H groups in total. The molecule has 1 aliphatic heterocycles. The molecule has 0 saturated heterocycles. The molecule has 1 unspecified atom stereocenters. The highest BCUT2D eigenvalue weighted by molar-refractivity contribution is 5.85. The number of rotatable bonds is 2. The summed E-state index contributed by atoms with van der Waals surface area (Å²) in [6.07, 6.45) is 1.41. The van der Waals surface area contributed by atoms with E-state index in [-0.39, 0.29) is 0 Å². The molecule has 1 aliphatic rings. The molecule has 4 nitrogen and oxygen atoms in total. The van der Waals surface area contributed by atoms with E-state index in [1.54, 1.807) is 0 Å². The first-order valence-corrected chi connectivity index (χ1v) is 4.31. The summed E-state index contributed by atoms with van der Waals surface area (Å²) in [6, 6.07) is 1.96. The van der Waals surface area contributed by atoms with E-state index in [2.05, 4.69) is 10.2 Å². The van der Waals surface area contributed by atoms with E-state index < -0.39 is 11.8 Å². The Hall–Kier alpha value is -1.50. The second-order valence-electron chi connectivity index (χ2n) is 2.78. The topological polar surface area (TPSA) is 65.6 Å². The maximum Gasteiger partial charge on any atom is 0.285 e. The fraction of sp³-hybridized carbons (Fsp3) is 0.556. The smallest absolute Gasteiger partial charge is 0.269 e. The van der Waals surface area contributed by atoms with Gasteiger partial charge in [0.25, 0.3) is 5.91 Å². The number of allylic oxidation sites excluding steroid dienone is 1. The molecule has 0 spiro atoms. The molecule has 1 atom stereocenters. The van der Waals surface area contributed by atoms with Crippen molar-refractivity contribution in [2.45, 2.75) is 26.7 Å². The second kappa shape index (κ2) is 3.94. The second-order valence-corrected chi connectivity index (χ2v) is 2.78. The van der Waals surface area contributed by atoms with Crippen LogP contribution in [0, 0.1) is 17.2 Å². The van der Waals surface area contributed by atoms with Crippen molar-refractivity contribution in [1.29, 1.82) is 5.26 Å². The number of nitriles is 1. The van der Waals surface area contributed by atoms with Crippen molar-refractivity contribution in [3.8, 4) is 6.07 Å². The monoisotopic (exact) mass is 177 g/mol. The number of azo groups is 1. The molecule has 68 valence electrons. The van der Waals surface area contributed by atoms with E-state index in [0.717, 1.165) is 17.7 Å². The Morgan fingerprint density at radius 1 is 1.38 bits per heavy atom. The molecule has 1 rings (SSSR count). The van der Waals surface area contributed by atoms with Crippen molar-refractivity contribution >= 4 is 5.91 Å². The molecule has 0 saturated carbocycles. The summed E-state index contributed by atoms with van der Waals surface area (Å²) in [5.41, 5.74) is 1.61. The standard InChI is InChI=1S/C9H11N3O/c1-3-6-7(5-10)9(13)12-11-8(6)4-2/h7H,3-4H2,1-2H3. The lowest BCUT2D eigenvalue weighted by molar-refractivity contribution is -0.120. The van der Waals surface area contributed by atoms with Gasteiger partial charge in [-0.05, 0) is 18.4 Å². The van der Waals surface area contributed by atoms with Crippen LogP contribution in [0.15, 0.2) is 21.5 Å². The lowest BCUT2D eigenvalue weighted by Gasteiger charge is -2.14. The van der Waals surface area contributed by atoms with Crippen LogP contribution in [0.5, 0.6) is 0 Å². The van der Waals surface area contributed by atoms with Gasteiger partial charge in [0.2, 0.25) is 0 Å². The molecular weight excluding hydrogens is 166 g/mol. The summed E-state index contributed by atoms with van der Waals surface area (Å²) in [6.45, 7) is 3.86. The van der Waals surface area contributed by atoms with Crippen LogP contribution in [-0.2, 0) is 4.79 Å². The van der Waals surface area contributed by atoms with Crippen LogP contribution in [0.4, 0.5) is 0 Å². The summed E-state index contributed by atoms with van der Waals surface area (Å²) in [4.78, 5) is 11.1. The molecule has 4 heteroatoms. The maximum absolute atomic E-state index is 11.1. The number of amides is 1. The van der Waals surface area contributed by atoms with Crippen LogP contribution in [0.2, 0.25) is 0 Å². The maximum atomic E-state index is 11.1. The Bertz CT molecular complexity index is 322. The summed E-state index contributed by atoms with van der Waals surface area (Å²) in [7, 11) is 0. The van der Waals surface area contributed by atoms with E-state index in [4.69, 9.17) is 5.26 Å². The van der Waals surface area contributed by atoms with Crippen molar-refractivity contribution in [3.05, 3.63) is 11.3 Å². The molecule has 1 heterocycles. The molecule has 0 aromatic carbocycles.